The van der Waals surface area contributed by atoms with Gasteiger partial charge in [-0.15, -0.1) is 0 Å². The molecule has 112 valence electrons. The van der Waals surface area contributed by atoms with Crippen LogP contribution in [0.5, 0.6) is 0 Å². The Bertz CT molecular complexity index is 651. The second-order valence-corrected chi connectivity index (χ2v) is 5.48. The highest BCUT2D eigenvalue weighted by atomic mass is 79.9. The Morgan fingerprint density at radius 3 is 2.33 bits per heavy atom. The van der Waals surface area contributed by atoms with E-state index < -0.39 is 29.5 Å². The summed E-state index contributed by atoms with van der Waals surface area (Å²) >= 11 is 3.01. The van der Waals surface area contributed by atoms with E-state index in [4.69, 9.17) is 5.73 Å². The fraction of sp³-hybridized carbons (Fsp3) is 0.200. The van der Waals surface area contributed by atoms with Crippen LogP contribution in [-0.2, 0) is 0 Å². The van der Waals surface area contributed by atoms with Crippen LogP contribution in [0.1, 0.15) is 23.1 Å². The Kier molecular flexibility index (Phi) is 5.03. The van der Waals surface area contributed by atoms with Gasteiger partial charge in [0, 0.05) is 18.5 Å². The average molecular weight is 360 g/mol. The Labute approximate surface area is 128 Å². The Morgan fingerprint density at radius 1 is 1.05 bits per heavy atom. The van der Waals surface area contributed by atoms with Crippen molar-refractivity contribution in [1.29, 1.82) is 0 Å². The van der Waals surface area contributed by atoms with Gasteiger partial charge in [0.25, 0.3) is 0 Å². The number of nitrogens with two attached hydrogens (primary N) is 1. The lowest BCUT2D eigenvalue weighted by atomic mass is 9.89. The van der Waals surface area contributed by atoms with Crippen molar-refractivity contribution in [1.82, 2.24) is 0 Å². The summed E-state index contributed by atoms with van der Waals surface area (Å²) in [7, 11) is 0. The van der Waals surface area contributed by atoms with Gasteiger partial charge in [-0.25, -0.2) is 13.2 Å². The zero-order valence-electron chi connectivity index (χ0n) is 10.9. The van der Waals surface area contributed by atoms with Crippen molar-refractivity contribution in [3.05, 3.63) is 69.4 Å². The summed E-state index contributed by atoms with van der Waals surface area (Å²) in [6.07, 6.45) is -1.20. The van der Waals surface area contributed by atoms with Gasteiger partial charge < -0.3 is 10.8 Å². The minimum absolute atomic E-state index is 0.0681. The number of halogens is 4. The minimum Gasteiger partial charge on any atom is -0.388 e. The van der Waals surface area contributed by atoms with Crippen molar-refractivity contribution in [3.63, 3.8) is 0 Å². The standard InChI is InChI=1S/C15H13BrF3NO/c16-12-4-1-8(5-14(12)19)15(21)11(7-20)10-3-2-9(17)6-13(10)18/h1-6,11,15,21H,7,20H2. The maximum atomic E-state index is 13.8. The summed E-state index contributed by atoms with van der Waals surface area (Å²) in [5.41, 5.74) is 5.96. The van der Waals surface area contributed by atoms with Crippen LogP contribution in [0, 0.1) is 17.5 Å². The molecule has 0 aliphatic heterocycles. The van der Waals surface area contributed by atoms with E-state index in [1.165, 1.54) is 18.2 Å². The van der Waals surface area contributed by atoms with Gasteiger partial charge in [0.1, 0.15) is 17.5 Å². The first-order chi connectivity index (χ1) is 9.93. The minimum atomic E-state index is -1.20. The number of benzene rings is 2. The molecule has 0 radical (unpaired) electrons. The molecule has 0 aromatic heterocycles. The van der Waals surface area contributed by atoms with Crippen LogP contribution in [-0.4, -0.2) is 11.7 Å². The third-order valence-corrected chi connectivity index (χ3v) is 3.93. The van der Waals surface area contributed by atoms with E-state index in [9.17, 15) is 18.3 Å². The van der Waals surface area contributed by atoms with Gasteiger partial charge in [-0.05, 0) is 45.3 Å². The third kappa shape index (κ3) is 3.45. The highest BCUT2D eigenvalue weighted by Crippen LogP contribution is 2.33. The molecule has 0 amide bonds. The van der Waals surface area contributed by atoms with E-state index in [0.29, 0.717) is 0 Å². The van der Waals surface area contributed by atoms with Gasteiger partial charge in [-0.1, -0.05) is 12.1 Å². The molecule has 0 aliphatic rings. The largest absolute Gasteiger partial charge is 0.388 e. The molecule has 0 saturated carbocycles. The van der Waals surface area contributed by atoms with E-state index in [1.807, 2.05) is 0 Å². The summed E-state index contributed by atoms with van der Waals surface area (Å²) in [5.74, 6) is -2.84. The number of rotatable bonds is 4. The zero-order valence-corrected chi connectivity index (χ0v) is 12.4. The number of hydrogen-bond acceptors (Lipinski definition) is 2. The maximum absolute atomic E-state index is 13.8. The first kappa shape index (κ1) is 16.0. The molecule has 0 aliphatic carbocycles. The van der Waals surface area contributed by atoms with Gasteiger partial charge in [0.2, 0.25) is 0 Å². The smallest absolute Gasteiger partial charge is 0.137 e. The van der Waals surface area contributed by atoms with Crippen molar-refractivity contribution in [2.45, 2.75) is 12.0 Å². The quantitative estimate of drug-likeness (QED) is 0.875. The predicted molar refractivity (Wildman–Crippen MR) is 77.2 cm³/mol. The second kappa shape index (κ2) is 6.60. The molecule has 0 spiro atoms. The summed E-state index contributed by atoms with van der Waals surface area (Å²) in [4.78, 5) is 0. The molecule has 3 N–H and O–H groups in total. The molecule has 2 aromatic rings. The van der Waals surface area contributed by atoms with Crippen molar-refractivity contribution >= 4 is 15.9 Å². The molecular formula is C15H13BrF3NO. The highest BCUT2D eigenvalue weighted by Gasteiger charge is 2.25. The summed E-state index contributed by atoms with van der Waals surface area (Å²) < 4.78 is 40.6. The highest BCUT2D eigenvalue weighted by molar-refractivity contribution is 9.10. The SMILES string of the molecule is NCC(c1ccc(F)cc1F)C(O)c1ccc(Br)c(F)c1. The Balaban J connectivity index is 2.37. The number of aliphatic hydroxyl groups excluding tert-OH is 1. The van der Waals surface area contributed by atoms with Gasteiger partial charge in [-0.2, -0.15) is 0 Å². The predicted octanol–water partition coefficient (Wildman–Crippen LogP) is 3.64. The van der Waals surface area contributed by atoms with Crippen LogP contribution in [0.25, 0.3) is 0 Å². The van der Waals surface area contributed by atoms with Crippen LogP contribution in [0.4, 0.5) is 13.2 Å². The fourth-order valence-corrected chi connectivity index (χ4v) is 2.40. The molecule has 2 atom stereocenters. The Morgan fingerprint density at radius 2 is 1.76 bits per heavy atom. The monoisotopic (exact) mass is 359 g/mol. The summed E-state index contributed by atoms with van der Waals surface area (Å²) in [6, 6.07) is 7.17. The number of aliphatic hydroxyl groups is 1. The van der Waals surface area contributed by atoms with Crippen molar-refractivity contribution < 1.29 is 18.3 Å². The van der Waals surface area contributed by atoms with Crippen LogP contribution < -0.4 is 5.73 Å². The van der Waals surface area contributed by atoms with Crippen molar-refractivity contribution in [2.75, 3.05) is 6.54 Å². The third-order valence-electron chi connectivity index (χ3n) is 3.28. The first-order valence-electron chi connectivity index (χ1n) is 6.22. The molecule has 0 fully saturated rings. The number of hydrogen-bond donors (Lipinski definition) is 2. The van der Waals surface area contributed by atoms with E-state index in [2.05, 4.69) is 15.9 Å². The van der Waals surface area contributed by atoms with Crippen LogP contribution in [0.2, 0.25) is 0 Å². The molecule has 2 aromatic carbocycles. The van der Waals surface area contributed by atoms with Gasteiger partial charge in [0.15, 0.2) is 0 Å². The van der Waals surface area contributed by atoms with Crippen LogP contribution >= 0.6 is 15.9 Å². The van der Waals surface area contributed by atoms with Crippen LogP contribution in [0.3, 0.4) is 0 Å². The molecule has 2 rings (SSSR count). The van der Waals surface area contributed by atoms with Gasteiger partial charge in [0.05, 0.1) is 10.6 Å². The zero-order chi connectivity index (χ0) is 15.6. The molecule has 0 heterocycles. The first-order valence-corrected chi connectivity index (χ1v) is 7.01. The molecular weight excluding hydrogens is 347 g/mol. The maximum Gasteiger partial charge on any atom is 0.137 e. The van der Waals surface area contributed by atoms with Gasteiger partial charge in [-0.3, -0.25) is 0 Å². The average Bonchev–Trinajstić information content (AvgIpc) is 2.44. The van der Waals surface area contributed by atoms with Crippen LogP contribution in [0.15, 0.2) is 40.9 Å². The summed E-state index contributed by atoms with van der Waals surface area (Å²) in [6.45, 7) is -0.0681. The Hall–Kier alpha value is -1.37. The topological polar surface area (TPSA) is 46.2 Å². The molecule has 2 nitrogen and oxygen atoms in total. The van der Waals surface area contributed by atoms with Crippen molar-refractivity contribution in [2.24, 2.45) is 5.73 Å². The molecule has 0 saturated heterocycles. The van der Waals surface area contributed by atoms with Crippen molar-refractivity contribution in [3.8, 4) is 0 Å². The fourth-order valence-electron chi connectivity index (χ4n) is 2.16. The molecule has 21 heavy (non-hydrogen) atoms. The lowest BCUT2D eigenvalue weighted by Gasteiger charge is -2.23. The normalized spacial score (nSPS) is 14.0. The van der Waals surface area contributed by atoms with E-state index >= 15 is 0 Å². The molecule has 6 heteroatoms. The van der Waals surface area contributed by atoms with E-state index in [1.54, 1.807) is 0 Å². The summed E-state index contributed by atoms with van der Waals surface area (Å²) in [5, 5.41) is 10.3. The lowest BCUT2D eigenvalue weighted by molar-refractivity contribution is 0.145. The van der Waals surface area contributed by atoms with E-state index in [0.717, 1.165) is 18.2 Å². The molecule has 0 bridgehead atoms. The lowest BCUT2D eigenvalue weighted by Crippen LogP contribution is -2.21. The second-order valence-electron chi connectivity index (χ2n) is 4.63. The van der Waals surface area contributed by atoms with Gasteiger partial charge >= 0.3 is 0 Å². The molecule has 2 unspecified atom stereocenters. The van der Waals surface area contributed by atoms with E-state index in [-0.39, 0.29) is 22.1 Å².